The average molecular weight is 288 g/mol. The minimum absolute atomic E-state index is 0.377. The summed E-state index contributed by atoms with van der Waals surface area (Å²) in [5.41, 5.74) is -0.389. The van der Waals surface area contributed by atoms with E-state index in [0.29, 0.717) is 23.4 Å². The maximum atomic E-state index is 12.1. The van der Waals surface area contributed by atoms with Crippen LogP contribution < -0.4 is 0 Å². The lowest BCUT2D eigenvalue weighted by molar-refractivity contribution is -0.105. The number of halogens is 1. The third-order valence-electron chi connectivity index (χ3n) is 3.42. The highest BCUT2D eigenvalue weighted by Gasteiger charge is 2.38. The Kier molecular flexibility index (Phi) is 4.67. The predicted octanol–water partition coefficient (Wildman–Crippen LogP) is 3.49. The summed E-state index contributed by atoms with van der Waals surface area (Å²) in [6, 6.07) is 0. The minimum atomic E-state index is -0.530. The quantitative estimate of drug-likeness (QED) is 0.731. The van der Waals surface area contributed by atoms with Crippen LogP contribution in [0.2, 0.25) is 0 Å². The van der Waals surface area contributed by atoms with Crippen molar-refractivity contribution in [1.82, 2.24) is 4.90 Å². The maximum Gasteiger partial charge on any atom is 0.410 e. The highest BCUT2D eigenvalue weighted by Crippen LogP contribution is 2.37. The van der Waals surface area contributed by atoms with Gasteiger partial charge in [0.05, 0.1) is 0 Å². The first kappa shape index (κ1) is 16.0. The molecule has 0 saturated heterocycles. The lowest BCUT2D eigenvalue weighted by atomic mass is 9.82. The molecule has 0 aromatic rings. The summed E-state index contributed by atoms with van der Waals surface area (Å²) in [7, 11) is 1.70. The Hall–Kier alpha value is -1.03. The number of amides is 1. The van der Waals surface area contributed by atoms with Gasteiger partial charge in [-0.15, -0.1) is 0 Å². The van der Waals surface area contributed by atoms with Crippen LogP contribution in [-0.4, -0.2) is 35.5 Å². The van der Waals surface area contributed by atoms with E-state index in [2.05, 4.69) is 0 Å². The molecule has 1 amide bonds. The number of allylic oxidation sites excluding steroid dienone is 1. The second-order valence-electron chi connectivity index (χ2n) is 6.26. The molecule has 1 unspecified atom stereocenters. The van der Waals surface area contributed by atoms with Crippen molar-refractivity contribution in [3.8, 4) is 0 Å². The Morgan fingerprint density at radius 1 is 1.47 bits per heavy atom. The zero-order valence-electron chi connectivity index (χ0n) is 12.2. The van der Waals surface area contributed by atoms with Gasteiger partial charge in [-0.1, -0.05) is 11.6 Å². The van der Waals surface area contributed by atoms with E-state index in [4.69, 9.17) is 16.3 Å². The van der Waals surface area contributed by atoms with E-state index < -0.39 is 11.1 Å². The van der Waals surface area contributed by atoms with Crippen molar-refractivity contribution in [3.63, 3.8) is 0 Å². The molecule has 1 aliphatic rings. The molecule has 4 nitrogen and oxygen atoms in total. The molecule has 108 valence electrons. The van der Waals surface area contributed by atoms with Gasteiger partial charge in [-0.05, 0) is 47.0 Å². The number of nitrogens with zero attached hydrogens (tertiary/aromatic N) is 1. The SMILES string of the molecule is CN(C(=O)OC(C)(C)C)C1(C)CCC(Cl)=C(C=O)C1. The summed E-state index contributed by atoms with van der Waals surface area (Å²) in [6.45, 7) is 7.43. The van der Waals surface area contributed by atoms with Gasteiger partial charge < -0.3 is 9.64 Å². The van der Waals surface area contributed by atoms with E-state index in [1.807, 2.05) is 27.7 Å². The van der Waals surface area contributed by atoms with E-state index in [-0.39, 0.29) is 6.09 Å². The Morgan fingerprint density at radius 2 is 2.05 bits per heavy atom. The molecule has 0 bridgehead atoms. The van der Waals surface area contributed by atoms with Crippen LogP contribution in [0.5, 0.6) is 0 Å². The van der Waals surface area contributed by atoms with E-state index in [0.717, 1.165) is 12.7 Å². The molecule has 19 heavy (non-hydrogen) atoms. The standard InChI is InChI=1S/C14H22ClNO3/c1-13(2,3)19-12(18)16(5)14(4)7-6-11(15)10(8-14)9-17/h9H,6-8H2,1-5H3. The van der Waals surface area contributed by atoms with Gasteiger partial charge in [0.25, 0.3) is 0 Å². The maximum absolute atomic E-state index is 12.1. The summed E-state index contributed by atoms with van der Waals surface area (Å²) in [4.78, 5) is 24.7. The molecular weight excluding hydrogens is 266 g/mol. The zero-order valence-corrected chi connectivity index (χ0v) is 13.0. The summed E-state index contributed by atoms with van der Waals surface area (Å²) < 4.78 is 5.36. The van der Waals surface area contributed by atoms with E-state index in [1.165, 1.54) is 0 Å². The molecule has 0 aromatic carbocycles. The van der Waals surface area contributed by atoms with Crippen LogP contribution in [0.4, 0.5) is 4.79 Å². The topological polar surface area (TPSA) is 46.6 Å². The van der Waals surface area contributed by atoms with Crippen molar-refractivity contribution in [2.45, 2.75) is 58.1 Å². The van der Waals surface area contributed by atoms with Crippen molar-refractivity contribution < 1.29 is 14.3 Å². The first-order valence-corrected chi connectivity index (χ1v) is 6.76. The fourth-order valence-corrected chi connectivity index (χ4v) is 2.28. The fourth-order valence-electron chi connectivity index (χ4n) is 2.08. The molecule has 0 radical (unpaired) electrons. The molecule has 0 aromatic heterocycles. The summed E-state index contributed by atoms with van der Waals surface area (Å²) in [5.74, 6) is 0. The second-order valence-corrected chi connectivity index (χ2v) is 6.72. The lowest BCUT2D eigenvalue weighted by Crippen LogP contribution is -2.50. The van der Waals surface area contributed by atoms with Gasteiger partial charge in [-0.3, -0.25) is 4.79 Å². The van der Waals surface area contributed by atoms with Gasteiger partial charge >= 0.3 is 6.09 Å². The number of carbonyl (C=O) groups excluding carboxylic acids is 2. The van der Waals surface area contributed by atoms with Crippen LogP contribution in [0.15, 0.2) is 10.6 Å². The first-order chi connectivity index (χ1) is 8.59. The van der Waals surface area contributed by atoms with E-state index in [9.17, 15) is 9.59 Å². The Balaban J connectivity index is 2.85. The number of hydrogen-bond acceptors (Lipinski definition) is 3. The Bertz CT molecular complexity index is 411. The van der Waals surface area contributed by atoms with Gasteiger partial charge in [0.2, 0.25) is 0 Å². The van der Waals surface area contributed by atoms with Crippen LogP contribution in [-0.2, 0) is 9.53 Å². The molecule has 0 N–H and O–H groups in total. The van der Waals surface area contributed by atoms with Gasteiger partial charge in [0.15, 0.2) is 0 Å². The van der Waals surface area contributed by atoms with Crippen molar-refractivity contribution in [3.05, 3.63) is 10.6 Å². The highest BCUT2D eigenvalue weighted by molar-refractivity contribution is 6.31. The minimum Gasteiger partial charge on any atom is -0.444 e. The normalized spacial score (nSPS) is 24.1. The molecule has 1 aliphatic carbocycles. The third kappa shape index (κ3) is 3.96. The lowest BCUT2D eigenvalue weighted by Gasteiger charge is -2.42. The number of aldehydes is 1. The zero-order chi connectivity index (χ0) is 14.8. The molecule has 0 aliphatic heterocycles. The van der Waals surface area contributed by atoms with Gasteiger partial charge in [0.1, 0.15) is 11.9 Å². The van der Waals surface area contributed by atoms with Crippen LogP contribution in [0.1, 0.15) is 47.0 Å². The third-order valence-corrected chi connectivity index (χ3v) is 3.85. The van der Waals surface area contributed by atoms with Crippen molar-refractivity contribution >= 4 is 24.0 Å². The van der Waals surface area contributed by atoms with Crippen LogP contribution >= 0.6 is 11.6 Å². The smallest absolute Gasteiger partial charge is 0.410 e. The van der Waals surface area contributed by atoms with Gasteiger partial charge in [0, 0.05) is 23.2 Å². The van der Waals surface area contributed by atoms with Gasteiger partial charge in [-0.2, -0.15) is 0 Å². The Labute approximate surface area is 119 Å². The van der Waals surface area contributed by atoms with E-state index in [1.54, 1.807) is 11.9 Å². The largest absolute Gasteiger partial charge is 0.444 e. The number of rotatable bonds is 2. The van der Waals surface area contributed by atoms with Crippen LogP contribution in [0.3, 0.4) is 0 Å². The average Bonchev–Trinajstić information content (AvgIpc) is 2.29. The molecule has 0 saturated carbocycles. The molecule has 0 fully saturated rings. The summed E-state index contributed by atoms with van der Waals surface area (Å²) >= 11 is 6.01. The highest BCUT2D eigenvalue weighted by atomic mass is 35.5. The monoisotopic (exact) mass is 287 g/mol. The van der Waals surface area contributed by atoms with E-state index >= 15 is 0 Å². The van der Waals surface area contributed by atoms with Crippen LogP contribution in [0.25, 0.3) is 0 Å². The first-order valence-electron chi connectivity index (χ1n) is 6.38. The van der Waals surface area contributed by atoms with Crippen molar-refractivity contribution in [2.75, 3.05) is 7.05 Å². The summed E-state index contributed by atoms with van der Waals surface area (Å²) in [6.07, 6.45) is 2.20. The van der Waals surface area contributed by atoms with Gasteiger partial charge in [-0.25, -0.2) is 4.79 Å². The van der Waals surface area contributed by atoms with Crippen molar-refractivity contribution in [1.29, 1.82) is 0 Å². The molecule has 0 heterocycles. The fraction of sp³-hybridized carbons (Fsp3) is 0.714. The summed E-state index contributed by atoms with van der Waals surface area (Å²) in [5, 5.41) is 0.602. The predicted molar refractivity (Wildman–Crippen MR) is 75.2 cm³/mol. The number of carbonyl (C=O) groups is 2. The Morgan fingerprint density at radius 3 is 2.53 bits per heavy atom. The molecule has 0 spiro atoms. The van der Waals surface area contributed by atoms with Crippen molar-refractivity contribution in [2.24, 2.45) is 0 Å². The second kappa shape index (κ2) is 5.53. The molecular formula is C14H22ClNO3. The van der Waals surface area contributed by atoms with Crippen LogP contribution in [0, 0.1) is 0 Å². The number of hydrogen-bond donors (Lipinski definition) is 0. The number of ether oxygens (including phenoxy) is 1. The molecule has 5 heteroatoms. The molecule has 1 atom stereocenters. The molecule has 1 rings (SSSR count).